The number of fused-ring (bicyclic) bond motifs is 1. The van der Waals surface area contributed by atoms with Crippen LogP contribution in [0.4, 0.5) is 5.95 Å². The Morgan fingerprint density at radius 2 is 2.35 bits per heavy atom. The number of aromatic amines is 1. The van der Waals surface area contributed by atoms with Crippen LogP contribution in [0.15, 0.2) is 4.79 Å². The molecule has 3 atom stereocenters. The molecule has 2 aromatic rings. The first-order valence-electron chi connectivity index (χ1n) is 6.20. The summed E-state index contributed by atoms with van der Waals surface area (Å²) in [4.78, 5) is 18.4. The number of hydrogen-bond donors (Lipinski definition) is 4. The maximum atomic E-state index is 12.0. The highest BCUT2D eigenvalue weighted by atomic mass is 16.5. The molecule has 1 fully saturated rings. The summed E-state index contributed by atoms with van der Waals surface area (Å²) in [5.74, 6) is 0.0192. The normalized spacial score (nSPS) is 26.4. The number of rotatable bonds is 2. The minimum absolute atomic E-state index is 0.0192. The fourth-order valence-corrected chi connectivity index (χ4v) is 2.46. The molecule has 2 aromatic heterocycles. The molecule has 0 spiro atoms. The highest BCUT2D eigenvalue weighted by Crippen LogP contribution is 2.30. The zero-order valence-corrected chi connectivity index (χ0v) is 10.8. The van der Waals surface area contributed by atoms with Gasteiger partial charge in [0.05, 0.1) is 23.9 Å². The Kier molecular flexibility index (Phi) is 2.96. The predicted octanol–water partition coefficient (Wildman–Crippen LogP) is -1.35. The summed E-state index contributed by atoms with van der Waals surface area (Å²) in [5.41, 5.74) is 6.32. The van der Waals surface area contributed by atoms with Gasteiger partial charge in [0.1, 0.15) is 6.10 Å². The van der Waals surface area contributed by atoms with Gasteiger partial charge in [-0.1, -0.05) is 0 Å². The fourth-order valence-electron chi connectivity index (χ4n) is 2.46. The van der Waals surface area contributed by atoms with Crippen molar-refractivity contribution in [2.45, 2.75) is 31.8 Å². The summed E-state index contributed by atoms with van der Waals surface area (Å²) in [6, 6.07) is 0. The Morgan fingerprint density at radius 1 is 1.60 bits per heavy atom. The van der Waals surface area contributed by atoms with Gasteiger partial charge < -0.3 is 25.7 Å². The summed E-state index contributed by atoms with van der Waals surface area (Å²) in [6.07, 6.45) is -1.86. The van der Waals surface area contributed by atoms with Crippen LogP contribution in [0.3, 0.4) is 0 Å². The molecule has 3 heterocycles. The molecule has 1 aliphatic heterocycles. The average molecular weight is 281 g/mol. The first-order chi connectivity index (χ1) is 9.51. The number of H-pyrrole nitrogens is 1. The van der Waals surface area contributed by atoms with Crippen LogP contribution < -0.4 is 11.3 Å². The van der Waals surface area contributed by atoms with E-state index in [1.807, 2.05) is 0 Å². The zero-order valence-electron chi connectivity index (χ0n) is 10.8. The van der Waals surface area contributed by atoms with Gasteiger partial charge in [0.15, 0.2) is 11.7 Å². The van der Waals surface area contributed by atoms with Crippen molar-refractivity contribution < 1.29 is 14.9 Å². The van der Waals surface area contributed by atoms with Gasteiger partial charge in [-0.25, -0.2) is 4.68 Å². The molecule has 0 unspecified atom stereocenters. The molecular weight excluding hydrogens is 266 g/mol. The van der Waals surface area contributed by atoms with E-state index in [9.17, 15) is 9.90 Å². The molecule has 0 aromatic carbocycles. The Labute approximate surface area is 113 Å². The highest BCUT2D eigenvalue weighted by molar-refractivity contribution is 5.77. The van der Waals surface area contributed by atoms with Crippen LogP contribution in [0.5, 0.6) is 0 Å². The molecule has 0 amide bonds. The maximum Gasteiger partial charge on any atom is 0.300 e. The van der Waals surface area contributed by atoms with E-state index in [0.717, 1.165) is 0 Å². The van der Waals surface area contributed by atoms with Crippen LogP contribution in [0, 0.1) is 6.92 Å². The number of hydrogen-bond acceptors (Lipinski definition) is 7. The van der Waals surface area contributed by atoms with Crippen LogP contribution in [0.2, 0.25) is 0 Å². The van der Waals surface area contributed by atoms with Gasteiger partial charge in [-0.15, -0.1) is 0 Å². The van der Waals surface area contributed by atoms with Crippen LogP contribution in [0.25, 0.3) is 11.0 Å². The number of nitrogens with two attached hydrogens (primary N) is 1. The second-order valence-corrected chi connectivity index (χ2v) is 4.80. The SMILES string of the molecule is Cc1nn([C@@H]2C[C@H](O)[C@@H](CO)O2)c2c(=O)nc(N)[nH]c12. The number of aromatic nitrogens is 4. The van der Waals surface area contributed by atoms with Crippen molar-refractivity contribution in [2.75, 3.05) is 12.3 Å². The van der Waals surface area contributed by atoms with Crippen molar-refractivity contribution in [1.82, 2.24) is 19.7 Å². The van der Waals surface area contributed by atoms with E-state index in [1.54, 1.807) is 6.92 Å². The zero-order chi connectivity index (χ0) is 14.4. The van der Waals surface area contributed by atoms with E-state index in [-0.39, 0.29) is 24.5 Å². The minimum atomic E-state index is -0.801. The lowest BCUT2D eigenvalue weighted by molar-refractivity contribution is -0.0470. The van der Waals surface area contributed by atoms with E-state index in [4.69, 9.17) is 15.6 Å². The molecule has 108 valence electrons. The van der Waals surface area contributed by atoms with Crippen molar-refractivity contribution in [1.29, 1.82) is 0 Å². The molecule has 9 heteroatoms. The third kappa shape index (κ3) is 1.87. The first-order valence-corrected chi connectivity index (χ1v) is 6.20. The van der Waals surface area contributed by atoms with E-state index < -0.39 is 24.0 Å². The van der Waals surface area contributed by atoms with Crippen molar-refractivity contribution in [3.05, 3.63) is 16.0 Å². The molecule has 3 rings (SSSR count). The smallest absolute Gasteiger partial charge is 0.300 e. The van der Waals surface area contributed by atoms with E-state index in [2.05, 4.69) is 15.1 Å². The number of aryl methyl sites for hydroxylation is 1. The maximum absolute atomic E-state index is 12.0. The number of aliphatic hydroxyl groups excluding tert-OH is 2. The van der Waals surface area contributed by atoms with Gasteiger partial charge in [0, 0.05) is 6.42 Å². The van der Waals surface area contributed by atoms with E-state index in [0.29, 0.717) is 11.2 Å². The third-order valence-electron chi connectivity index (χ3n) is 3.42. The Hall–Kier alpha value is -1.97. The van der Waals surface area contributed by atoms with Gasteiger partial charge in [-0.3, -0.25) is 4.79 Å². The number of aliphatic hydroxyl groups is 2. The first kappa shape index (κ1) is 13.0. The lowest BCUT2D eigenvalue weighted by atomic mass is 10.2. The predicted molar refractivity (Wildman–Crippen MR) is 68.9 cm³/mol. The second kappa shape index (κ2) is 4.54. The van der Waals surface area contributed by atoms with Crippen molar-refractivity contribution in [2.24, 2.45) is 0 Å². The number of nitrogen functional groups attached to an aromatic ring is 1. The fraction of sp³-hybridized carbons (Fsp3) is 0.545. The van der Waals surface area contributed by atoms with Gasteiger partial charge in [0.25, 0.3) is 0 Å². The summed E-state index contributed by atoms with van der Waals surface area (Å²) in [5, 5.41) is 23.1. The van der Waals surface area contributed by atoms with E-state index in [1.165, 1.54) is 4.68 Å². The Bertz CT molecular complexity index is 709. The molecule has 5 N–H and O–H groups in total. The number of ether oxygens (including phenoxy) is 1. The lowest BCUT2D eigenvalue weighted by Gasteiger charge is -2.12. The van der Waals surface area contributed by atoms with Crippen LogP contribution in [0.1, 0.15) is 18.3 Å². The quantitative estimate of drug-likeness (QED) is 0.533. The minimum Gasteiger partial charge on any atom is -0.394 e. The lowest BCUT2D eigenvalue weighted by Crippen LogP contribution is -2.24. The molecule has 0 saturated carbocycles. The monoisotopic (exact) mass is 281 g/mol. The van der Waals surface area contributed by atoms with Crippen molar-refractivity contribution >= 4 is 17.0 Å². The molecule has 0 radical (unpaired) electrons. The van der Waals surface area contributed by atoms with Gasteiger partial charge in [-0.2, -0.15) is 10.1 Å². The molecule has 1 aliphatic rings. The van der Waals surface area contributed by atoms with Gasteiger partial charge in [-0.05, 0) is 6.92 Å². The number of nitrogens with zero attached hydrogens (tertiary/aromatic N) is 3. The van der Waals surface area contributed by atoms with Gasteiger partial charge in [0.2, 0.25) is 5.95 Å². The van der Waals surface area contributed by atoms with Crippen molar-refractivity contribution in [3.63, 3.8) is 0 Å². The number of anilines is 1. The molecule has 20 heavy (non-hydrogen) atoms. The molecule has 9 nitrogen and oxygen atoms in total. The second-order valence-electron chi connectivity index (χ2n) is 4.80. The summed E-state index contributed by atoms with van der Waals surface area (Å²) >= 11 is 0. The number of nitrogens with one attached hydrogen (secondary N) is 1. The highest BCUT2D eigenvalue weighted by Gasteiger charge is 2.36. The summed E-state index contributed by atoms with van der Waals surface area (Å²) in [6.45, 7) is 1.43. The van der Waals surface area contributed by atoms with Crippen LogP contribution >= 0.6 is 0 Å². The molecular formula is C11H15N5O4. The van der Waals surface area contributed by atoms with Gasteiger partial charge >= 0.3 is 5.56 Å². The summed E-state index contributed by atoms with van der Waals surface area (Å²) in [7, 11) is 0. The molecule has 1 saturated heterocycles. The van der Waals surface area contributed by atoms with Crippen molar-refractivity contribution in [3.8, 4) is 0 Å². The molecule has 0 aliphatic carbocycles. The van der Waals surface area contributed by atoms with E-state index >= 15 is 0 Å². The van der Waals surface area contributed by atoms with Crippen LogP contribution in [-0.2, 0) is 4.74 Å². The topological polar surface area (TPSA) is 139 Å². The summed E-state index contributed by atoms with van der Waals surface area (Å²) < 4.78 is 6.89. The Morgan fingerprint density at radius 3 is 3.00 bits per heavy atom. The average Bonchev–Trinajstić information content (AvgIpc) is 2.91. The Balaban J connectivity index is 2.12. The third-order valence-corrected chi connectivity index (χ3v) is 3.42. The standard InChI is InChI=1S/C11H15N5O4/c1-4-8-9(10(19)14-11(12)13-8)16(15-4)7-2-5(18)6(3-17)20-7/h5-7,17-18H,2-3H2,1H3,(H3,12,13,14,19)/t5-,6+,7-/m0/s1. The van der Waals surface area contributed by atoms with Crippen LogP contribution in [-0.4, -0.2) is 48.8 Å². The molecule has 0 bridgehead atoms. The largest absolute Gasteiger partial charge is 0.394 e.